The number of benzene rings is 5. The van der Waals surface area contributed by atoms with E-state index >= 15 is 0 Å². The van der Waals surface area contributed by atoms with Crippen molar-refractivity contribution >= 4 is 215 Å². The van der Waals surface area contributed by atoms with E-state index in [0.29, 0.717) is 84.4 Å². The molecule has 21 N–H and O–H groups in total. The molecule has 0 heterocycles. The molecule has 0 spiro atoms. The number of nitrogen functional groups attached to an aromatic ring is 2. The van der Waals surface area contributed by atoms with Gasteiger partial charge in [0.15, 0.2) is 0 Å². The van der Waals surface area contributed by atoms with Gasteiger partial charge in [-0.15, -0.1) is 58.0 Å². The lowest BCUT2D eigenvalue weighted by Crippen LogP contribution is -2.48. The van der Waals surface area contributed by atoms with Crippen molar-refractivity contribution in [3.8, 4) is 0 Å². The van der Waals surface area contributed by atoms with Crippen molar-refractivity contribution in [1.29, 1.82) is 0 Å². The maximum absolute atomic E-state index is 12.7. The third-order valence-corrected chi connectivity index (χ3v) is 16.3. The summed E-state index contributed by atoms with van der Waals surface area (Å²) in [5, 5.41) is 105. The van der Waals surface area contributed by atoms with Crippen LogP contribution in [-0.2, 0) is 81.2 Å². The molecule has 0 saturated carbocycles. The Morgan fingerprint density at radius 1 is 0.406 bits per heavy atom. The number of ether oxygens (including phenoxy) is 5. The van der Waals surface area contributed by atoms with Crippen LogP contribution >= 0.6 is 58.0 Å². The lowest BCUT2D eigenvalue weighted by Gasteiger charge is -2.24. The fourth-order valence-corrected chi connectivity index (χ4v) is 11.3. The van der Waals surface area contributed by atoms with E-state index in [0.717, 1.165) is 11.4 Å². The van der Waals surface area contributed by atoms with Gasteiger partial charge in [0.1, 0.15) is 46.9 Å². The zero-order valence-electron chi connectivity index (χ0n) is 81.0. The van der Waals surface area contributed by atoms with Gasteiger partial charge >= 0.3 is 70.0 Å². The molecular formula is C86H134B4Cl5N15O28. The summed E-state index contributed by atoms with van der Waals surface area (Å²) >= 11 is 28.1. The molecule has 0 fully saturated rings. The van der Waals surface area contributed by atoms with Gasteiger partial charge in [-0.05, 0) is 198 Å². The number of anilines is 8. The van der Waals surface area contributed by atoms with E-state index in [2.05, 4.69) is 42.2 Å². The van der Waals surface area contributed by atoms with E-state index in [4.69, 9.17) is 124 Å². The molecule has 0 aromatic heterocycles. The fourth-order valence-electron chi connectivity index (χ4n) is 10.5. The summed E-state index contributed by atoms with van der Waals surface area (Å²) in [5.41, 5.74) is 17.7. The number of halogens is 5. The van der Waals surface area contributed by atoms with Crippen LogP contribution in [0.5, 0.6) is 0 Å². The first kappa shape index (κ1) is 131. The lowest BCUT2D eigenvalue weighted by molar-refractivity contribution is -0.385. The van der Waals surface area contributed by atoms with Gasteiger partial charge in [0.05, 0.1) is 72.0 Å². The minimum atomic E-state index is -1.20. The number of carboxylic acids is 2. The number of hydrogen-bond acceptors (Lipinski definition) is 35. The number of nitrogens with one attached hydrogen (secondary N) is 8. The van der Waals surface area contributed by atoms with Crippen LogP contribution < -0.4 is 69.2 Å². The number of alkyl halides is 5. The number of hydrogen-bond donors (Lipinski definition) is 18. The summed E-state index contributed by atoms with van der Waals surface area (Å²) in [7, 11) is -3.96. The molecule has 0 aliphatic carbocycles. The Labute approximate surface area is 830 Å². The SMILES string of the molecule is CB(O)N[C@H](CC(=O)OC(C)(C)C)C(=O)Nc1cccc(N(CCCl)CCCl)c1.CB(O)N[C@H](CC(=O)OC(C)(C)C)C(=O)Nc1cccc(N)c1.CB(O)N[C@H](CC(=O)OC(C)(C)C)C(=O)Nc1cccc([N+](=O)[O-])c1.CB(O)N[C@H](CC(=O)OC(C)(C)C)C(=O)O.CC(C)(C)OC(=O)CO.N[C@H](CC(=O)O)C(=O)Nc1cccc(N(CCCl)CCCl)c1.Nc1cccc([N+](=O)[O-])c1.O=CCCl. The Morgan fingerprint density at radius 3 is 0.906 bits per heavy atom. The summed E-state index contributed by atoms with van der Waals surface area (Å²) < 4.78 is 25.3. The normalized spacial score (nSPS) is 11.8. The van der Waals surface area contributed by atoms with Crippen molar-refractivity contribution in [2.45, 2.75) is 221 Å². The number of aliphatic hydroxyl groups is 1. The number of aliphatic carboxylic acids is 2. The van der Waals surface area contributed by atoms with Crippen LogP contribution in [-0.4, -0.2) is 266 Å². The summed E-state index contributed by atoms with van der Waals surface area (Å²) in [4.78, 5) is 161. The zero-order valence-corrected chi connectivity index (χ0v) is 84.8. The summed E-state index contributed by atoms with van der Waals surface area (Å²) in [6.07, 6.45) is -0.813. The lowest BCUT2D eigenvalue weighted by atomic mass is 9.86. The number of nitro groups is 2. The highest BCUT2D eigenvalue weighted by Gasteiger charge is 2.33. The van der Waals surface area contributed by atoms with Gasteiger partial charge in [-0.3, -0.25) is 68.2 Å². The Hall–Kier alpha value is -10.8. The molecule has 5 aromatic rings. The van der Waals surface area contributed by atoms with Crippen molar-refractivity contribution in [3.05, 3.63) is 142 Å². The van der Waals surface area contributed by atoms with Crippen molar-refractivity contribution in [1.82, 2.24) is 20.9 Å². The summed E-state index contributed by atoms with van der Waals surface area (Å²) in [6, 6.07) is 27.2. The van der Waals surface area contributed by atoms with Gasteiger partial charge in [-0.2, -0.15) is 0 Å². The number of amides is 4. The number of carbonyl (C=O) groups excluding carboxylic acids is 10. The molecule has 43 nitrogen and oxygen atoms in total. The van der Waals surface area contributed by atoms with Gasteiger partial charge in [-0.25, -0.2) is 4.79 Å². The molecule has 0 saturated heterocycles. The Morgan fingerprint density at radius 2 is 0.659 bits per heavy atom. The molecule has 52 heteroatoms. The highest BCUT2D eigenvalue weighted by atomic mass is 35.5. The fraction of sp³-hybridized carbons (Fsp3) is 0.512. The number of nitrogens with two attached hydrogens (primary N) is 3. The molecule has 138 heavy (non-hydrogen) atoms. The van der Waals surface area contributed by atoms with Crippen LogP contribution in [0.1, 0.15) is 136 Å². The average Bonchev–Trinajstić information content (AvgIpc) is 0.854. The van der Waals surface area contributed by atoms with E-state index in [1.165, 1.54) is 63.7 Å². The number of carboxylic acid groups (broad SMARTS) is 2. The number of aldehydes is 1. The minimum Gasteiger partial charge on any atom is -0.481 e. The van der Waals surface area contributed by atoms with Gasteiger partial charge in [0.25, 0.3) is 11.4 Å². The molecular weight excluding hydrogens is 1910 g/mol. The summed E-state index contributed by atoms with van der Waals surface area (Å²) in [5.74, 6) is -5.34. The molecule has 768 valence electrons. The van der Waals surface area contributed by atoms with Crippen molar-refractivity contribution in [2.75, 3.05) is 105 Å². The predicted octanol–water partition coefficient (Wildman–Crippen LogP) is 8.55. The Balaban J connectivity index is -0.00000157. The molecule has 0 unspecified atom stereocenters. The molecule has 4 amide bonds. The molecule has 5 aromatic carbocycles. The number of nitro benzene ring substituents is 2. The third kappa shape index (κ3) is 69.1. The van der Waals surface area contributed by atoms with Crippen molar-refractivity contribution < 1.29 is 126 Å². The largest absolute Gasteiger partial charge is 0.481 e. The van der Waals surface area contributed by atoms with Crippen LogP contribution in [0.2, 0.25) is 27.3 Å². The van der Waals surface area contributed by atoms with E-state index in [9.17, 15) is 88.0 Å². The van der Waals surface area contributed by atoms with E-state index in [1.807, 2.05) is 34.1 Å². The maximum Gasteiger partial charge on any atom is 0.374 e. The van der Waals surface area contributed by atoms with Crippen LogP contribution in [0.25, 0.3) is 0 Å². The predicted molar refractivity (Wildman–Crippen MR) is 539 cm³/mol. The monoisotopic (exact) mass is 2040 g/mol. The number of non-ortho nitro benzene ring substituents is 2. The molecule has 0 bridgehead atoms. The van der Waals surface area contributed by atoms with Gasteiger partial charge < -0.3 is 133 Å². The molecule has 5 rings (SSSR count). The van der Waals surface area contributed by atoms with Crippen LogP contribution in [0.15, 0.2) is 121 Å². The van der Waals surface area contributed by atoms with E-state index in [1.54, 1.807) is 165 Å². The van der Waals surface area contributed by atoms with Crippen molar-refractivity contribution in [3.63, 3.8) is 0 Å². The second kappa shape index (κ2) is 68.3. The van der Waals surface area contributed by atoms with Crippen LogP contribution in [0, 0.1) is 20.2 Å². The number of aliphatic hydroxyl groups excluding tert-OH is 1. The Bertz CT molecular complexity index is 4580. The van der Waals surface area contributed by atoms with Gasteiger partial charge in [0, 0.05) is 119 Å². The molecule has 0 radical (unpaired) electrons. The molecule has 5 atom stereocenters. The average molecular weight is 2050 g/mol. The minimum absolute atomic E-state index is 0.0278. The number of esters is 5. The second-order valence-corrected chi connectivity index (χ2v) is 36.2. The molecule has 0 aliphatic heterocycles. The topological polar surface area (TPSA) is 660 Å². The van der Waals surface area contributed by atoms with Crippen LogP contribution in [0.3, 0.4) is 0 Å². The summed E-state index contributed by atoms with van der Waals surface area (Å²) in [6.45, 7) is 33.6. The van der Waals surface area contributed by atoms with Crippen molar-refractivity contribution in [2.24, 2.45) is 5.73 Å². The van der Waals surface area contributed by atoms with Crippen LogP contribution in [0.4, 0.5) is 56.9 Å². The smallest absolute Gasteiger partial charge is 0.374 e. The zero-order chi connectivity index (χ0) is 107. The molecule has 0 aliphatic rings. The maximum atomic E-state index is 12.7. The van der Waals surface area contributed by atoms with E-state index in [-0.39, 0.29) is 48.6 Å². The first-order valence-electron chi connectivity index (χ1n) is 42.7. The Kier molecular flexibility index (Phi) is 65.1. The standard InChI is InChI=1S/C19H30BCl2N3O4.C15H22BN3O6.C15H24BN3O4.C14H19Cl2N3O3.C9H18BNO5.C6H6N2O2.C6H12O3.C2H3ClO/c1-19(2,3)29-17(26)13-16(24-20(4)28)18(27)23-14-6-5-7-15(12-14)25(10-8-21)11-9-22;1-15(2,3)25-13(20)9-12(18-16(4)22)14(21)17-10-6-5-7-11(8-10)19(23)24;1-15(2,3)23-13(20)9-12(19-16(4)22)14(21)18-11-7-5-6-10(17)8-11;15-4-6-19(7-5-16)11-3-1-2-10(8-11)18-14(22)12(17)9-13(20)21;1-9(2,3)16-7(12)5-6(8(13)14)11-10(4)15;7-5-2-1-3-6(4-5)8(9)10;1-6(2,3)9-5(8)4-7;3-1-2-4/h5-7,12,16,24,28H,8-11,13H2,1-4H3,(H,23,27);5-8,12,18,22H,9H2,1-4H3,(H,17,21);5-8,12,19,22H,9,17H2,1-4H3,(H,18,21);1-3,8,12H,4-7,9,17H2,(H,18,22)(H,20,21);6,11,15H,5H2,1-4H3,(H,13,14);1-4H,7H2;7H,4H2,1-3H3;2H,1H2/t16-;3*12-;6-;;;/m11111.../s1. The number of rotatable bonds is 41. The third-order valence-electron chi connectivity index (χ3n) is 15.5. The van der Waals surface area contributed by atoms with Gasteiger partial charge in [-0.1, -0.05) is 30.3 Å². The highest BCUT2D eigenvalue weighted by Crippen LogP contribution is 2.25. The first-order chi connectivity index (χ1) is 63.7. The highest BCUT2D eigenvalue weighted by molar-refractivity contribution is 6.47. The second-order valence-electron chi connectivity index (χ2n) is 34.4. The quantitative estimate of drug-likeness (QED) is 0.00254. The number of nitrogens with zero attached hydrogens (tertiary/aromatic N) is 4. The number of carbonyl (C=O) groups is 12. The van der Waals surface area contributed by atoms with Gasteiger partial charge in [0.2, 0.25) is 23.6 Å². The van der Waals surface area contributed by atoms with E-state index < -0.39 is 175 Å². The first-order valence-corrected chi connectivity index (χ1v) is 45.4.